The Morgan fingerprint density at radius 3 is 1.27 bits per heavy atom. The smallest absolute Gasteiger partial charge is 0.462 e. The maximum Gasteiger partial charge on any atom is 0.472 e. The van der Waals surface area contributed by atoms with Crippen LogP contribution in [0.5, 0.6) is 0 Å². The third-order valence-electron chi connectivity index (χ3n) is 10.5. The Morgan fingerprint density at radius 2 is 0.881 bits per heavy atom. The molecule has 0 saturated heterocycles. The minimum atomic E-state index is -5.30. The summed E-state index contributed by atoms with van der Waals surface area (Å²) in [7, 11) is -10.6. The van der Waals surface area contributed by atoms with Crippen LogP contribution in [0.3, 0.4) is 0 Å². The van der Waals surface area contributed by atoms with Gasteiger partial charge in [-0.1, -0.05) is 148 Å². The van der Waals surface area contributed by atoms with Crippen LogP contribution in [0, 0.1) is 0 Å². The van der Waals surface area contributed by atoms with Crippen molar-refractivity contribution in [3.63, 3.8) is 0 Å². The molecule has 0 bridgehead atoms. The highest BCUT2D eigenvalue weighted by molar-refractivity contribution is 7.80. The number of carbonyl (C=O) groups excluding carboxylic acids is 2. The van der Waals surface area contributed by atoms with Gasteiger partial charge in [0.2, 0.25) is 0 Å². The van der Waals surface area contributed by atoms with Gasteiger partial charge in [-0.15, -0.1) is 0 Å². The van der Waals surface area contributed by atoms with Gasteiger partial charge >= 0.3 is 27.6 Å². The fraction of sp³-hybridized carbons (Fsp3) is 0.950. The molecule has 0 amide bonds. The summed E-state index contributed by atoms with van der Waals surface area (Å²) in [6.45, 7) is 0.907. The van der Waals surface area contributed by atoms with Gasteiger partial charge in [-0.25, -0.2) is 9.13 Å². The number of aliphatic hydroxyl groups excluding tert-OH is 4. The number of ether oxygens (including phenoxy) is 2. The average Bonchev–Trinajstić information content (AvgIpc) is 3.18. The lowest BCUT2D eigenvalue weighted by Crippen LogP contribution is -2.64. The van der Waals surface area contributed by atoms with Crippen molar-refractivity contribution in [3.8, 4) is 0 Å². The zero-order valence-electron chi connectivity index (χ0n) is 35.4. The van der Waals surface area contributed by atoms with E-state index in [1.807, 2.05) is 0 Å². The molecule has 0 radical (unpaired) electrons. The molecule has 0 spiro atoms. The molecule has 0 aromatic rings. The van der Waals surface area contributed by atoms with Crippen LogP contribution in [0.25, 0.3) is 0 Å². The van der Waals surface area contributed by atoms with Crippen LogP contribution < -0.4 is 0 Å². The molecule has 0 aromatic heterocycles. The topological polar surface area (TPSA) is 256 Å². The minimum absolute atomic E-state index is 0.0555. The van der Waals surface area contributed by atoms with Crippen LogP contribution in [-0.4, -0.2) is 109 Å². The first kappa shape index (κ1) is 56.4. The van der Waals surface area contributed by atoms with Crippen LogP contribution in [-0.2, 0) is 41.8 Å². The van der Waals surface area contributed by atoms with Crippen molar-refractivity contribution in [1.29, 1.82) is 0 Å². The van der Waals surface area contributed by atoms with E-state index in [9.17, 15) is 44.0 Å². The molecule has 1 fully saturated rings. The highest BCUT2D eigenvalue weighted by atomic mass is 32.1. The second kappa shape index (κ2) is 33.8. The number of esters is 2. The molecule has 59 heavy (non-hydrogen) atoms. The van der Waals surface area contributed by atoms with Gasteiger partial charge in [-0.05, 0) is 25.0 Å². The van der Waals surface area contributed by atoms with Gasteiger partial charge in [-0.2, -0.15) is 12.6 Å². The van der Waals surface area contributed by atoms with E-state index in [1.54, 1.807) is 0 Å². The number of unbranched alkanes of at least 4 members (excludes halogenated alkanes) is 23. The maximum absolute atomic E-state index is 12.9. The first-order valence-corrected chi connectivity index (χ1v) is 25.9. The Balaban J connectivity index is 2.59. The number of phosphoric acid groups is 2. The van der Waals surface area contributed by atoms with Gasteiger partial charge in [-0.3, -0.25) is 23.2 Å². The Hall–Kier alpha value is -0.650. The number of hydrogen-bond acceptors (Lipinski definition) is 14. The fourth-order valence-electron chi connectivity index (χ4n) is 7.01. The summed E-state index contributed by atoms with van der Waals surface area (Å²) in [6, 6.07) is 0. The van der Waals surface area contributed by atoms with Crippen molar-refractivity contribution >= 4 is 40.2 Å². The number of hydrogen-bond donors (Lipinski definition) is 8. The highest BCUT2D eigenvalue weighted by Crippen LogP contribution is 2.48. The highest BCUT2D eigenvalue weighted by Gasteiger charge is 2.54. The van der Waals surface area contributed by atoms with Crippen LogP contribution >= 0.6 is 28.3 Å². The van der Waals surface area contributed by atoms with E-state index >= 15 is 0 Å². The van der Waals surface area contributed by atoms with E-state index in [2.05, 4.69) is 24.1 Å². The first-order valence-electron chi connectivity index (χ1n) is 22.2. The Labute approximate surface area is 358 Å². The first-order chi connectivity index (χ1) is 28.1. The number of rotatable bonds is 38. The monoisotopic (exact) mass is 908 g/mol. The van der Waals surface area contributed by atoms with Crippen molar-refractivity contribution in [1.82, 2.24) is 0 Å². The largest absolute Gasteiger partial charge is 0.472 e. The number of phosphoric ester groups is 2. The number of aliphatic hydroxyl groups is 4. The average molecular weight is 909 g/mol. The van der Waals surface area contributed by atoms with E-state index in [0.29, 0.717) is 12.8 Å². The molecule has 350 valence electrons. The zero-order chi connectivity index (χ0) is 43.9. The van der Waals surface area contributed by atoms with Crippen molar-refractivity contribution in [2.24, 2.45) is 0 Å². The van der Waals surface area contributed by atoms with Crippen molar-refractivity contribution < 1.29 is 76.9 Å². The van der Waals surface area contributed by atoms with E-state index in [0.717, 1.165) is 57.1 Å². The maximum atomic E-state index is 12.9. The molecule has 1 rings (SSSR count). The lowest BCUT2D eigenvalue weighted by atomic mass is 9.85. The van der Waals surface area contributed by atoms with Gasteiger partial charge < -0.3 is 44.6 Å². The normalized spacial score (nSPS) is 22.5. The summed E-state index contributed by atoms with van der Waals surface area (Å²) in [5, 5.41) is 41.4. The van der Waals surface area contributed by atoms with E-state index in [1.165, 1.54) is 96.3 Å². The summed E-state index contributed by atoms with van der Waals surface area (Å²) in [5.41, 5.74) is 0. The summed E-state index contributed by atoms with van der Waals surface area (Å²) in [4.78, 5) is 53.9. The van der Waals surface area contributed by atoms with Crippen LogP contribution in [0.2, 0.25) is 0 Å². The summed E-state index contributed by atoms with van der Waals surface area (Å²) in [6.07, 6.45) is 13.4. The van der Waals surface area contributed by atoms with E-state index in [-0.39, 0.29) is 12.8 Å². The van der Waals surface area contributed by atoms with Gasteiger partial charge in [0.15, 0.2) is 6.10 Å². The number of carbonyl (C=O) groups is 2. The lowest BCUT2D eigenvalue weighted by Gasteiger charge is -2.43. The van der Waals surface area contributed by atoms with Crippen LogP contribution in [0.1, 0.15) is 180 Å². The quantitative estimate of drug-likeness (QED) is 0.0130. The van der Waals surface area contributed by atoms with Gasteiger partial charge in [0.25, 0.3) is 0 Å². The molecule has 1 aliphatic carbocycles. The molecular weight excluding hydrogens is 830 g/mol. The van der Waals surface area contributed by atoms with Crippen LogP contribution in [0.4, 0.5) is 0 Å². The standard InChI is InChI=1S/C40H78O16P2S/c1-2-3-4-5-6-7-8-9-13-16-19-22-25-28-34(42)54-32(30-52-33(41)27-24-21-18-15-12-10-11-14-17-20-23-26-29-59)31-53-58(50,51)56-40-37(45)35(43)39(36(44)38(40)46)55-57(47,48)49/h32,35-40,43-46,59H,2-31H2,1H3,(H,50,51)(H2,47,48,49)/t32-,35-,36+,37+,38?,39?,40?/m1/s1. The SMILES string of the molecule is CCCCCCCCCCCCCCCC(=O)O[C@H](COC(=O)CCCCCCCCCCCCCCS)COP(=O)(O)OC1C(O)[C@H](O)C(OP(=O)(O)O)[C@H](O)[C@@H]1O. The predicted octanol–water partition coefficient (Wildman–Crippen LogP) is 7.36. The Morgan fingerprint density at radius 1 is 0.525 bits per heavy atom. The third kappa shape index (κ3) is 28.6. The molecule has 8 atom stereocenters. The fourth-order valence-corrected chi connectivity index (χ4v) is 8.77. The second-order valence-corrected chi connectivity index (χ2v) is 18.9. The van der Waals surface area contributed by atoms with E-state index in [4.69, 9.17) is 28.3 Å². The molecule has 0 aromatic carbocycles. The molecule has 1 aliphatic rings. The molecule has 16 nitrogen and oxygen atoms in total. The van der Waals surface area contributed by atoms with Crippen molar-refractivity contribution in [2.75, 3.05) is 19.0 Å². The molecule has 4 unspecified atom stereocenters. The third-order valence-corrected chi connectivity index (χ3v) is 12.3. The van der Waals surface area contributed by atoms with E-state index < -0.39 is 83.5 Å². The molecule has 19 heteroatoms. The molecule has 1 saturated carbocycles. The molecular formula is C40H78O16P2S. The second-order valence-electron chi connectivity index (χ2n) is 15.9. The lowest BCUT2D eigenvalue weighted by molar-refractivity contribution is -0.216. The van der Waals surface area contributed by atoms with Crippen molar-refractivity contribution in [2.45, 2.75) is 223 Å². The minimum Gasteiger partial charge on any atom is -0.462 e. The summed E-state index contributed by atoms with van der Waals surface area (Å²) in [5.74, 6) is -0.240. The molecule has 0 aliphatic heterocycles. The molecule has 7 N–H and O–H groups in total. The Kier molecular flexibility index (Phi) is 32.3. The van der Waals surface area contributed by atoms with Gasteiger partial charge in [0.05, 0.1) is 6.61 Å². The predicted molar refractivity (Wildman–Crippen MR) is 227 cm³/mol. The zero-order valence-corrected chi connectivity index (χ0v) is 38.1. The Bertz CT molecular complexity index is 1160. The summed E-state index contributed by atoms with van der Waals surface area (Å²) >= 11 is 4.24. The summed E-state index contributed by atoms with van der Waals surface area (Å²) < 4.78 is 49.0. The number of thiol groups is 1. The molecule has 0 heterocycles. The van der Waals surface area contributed by atoms with Gasteiger partial charge in [0.1, 0.15) is 43.2 Å². The van der Waals surface area contributed by atoms with Gasteiger partial charge in [0, 0.05) is 12.8 Å². The van der Waals surface area contributed by atoms with Crippen molar-refractivity contribution in [3.05, 3.63) is 0 Å². The van der Waals surface area contributed by atoms with Crippen LogP contribution in [0.15, 0.2) is 0 Å².